The van der Waals surface area contributed by atoms with Gasteiger partial charge in [0.15, 0.2) is 0 Å². The van der Waals surface area contributed by atoms with E-state index in [2.05, 4.69) is 26.8 Å². The van der Waals surface area contributed by atoms with Crippen molar-refractivity contribution in [2.45, 2.75) is 44.7 Å². The highest BCUT2D eigenvalue weighted by molar-refractivity contribution is 5.47. The van der Waals surface area contributed by atoms with Crippen LogP contribution >= 0.6 is 0 Å². The van der Waals surface area contributed by atoms with Gasteiger partial charge < -0.3 is 9.72 Å². The van der Waals surface area contributed by atoms with Gasteiger partial charge >= 0.3 is 0 Å². The second kappa shape index (κ2) is 4.88. The van der Waals surface area contributed by atoms with Crippen LogP contribution in [0.3, 0.4) is 0 Å². The third-order valence-corrected chi connectivity index (χ3v) is 3.69. The number of nitrogens with zero attached hydrogens (tertiary/aromatic N) is 2. The summed E-state index contributed by atoms with van der Waals surface area (Å²) in [7, 11) is 0. The standard InChI is InChI=1S/C14H19N3/c1-2-6-13(7-3-1)16-11-12-5-4-9-17-10-8-15-14(12)17/h4-5,8-10,13,16H,1-3,6-7,11H2. The lowest BCUT2D eigenvalue weighted by molar-refractivity contribution is 0.372. The summed E-state index contributed by atoms with van der Waals surface area (Å²) >= 11 is 0. The molecule has 3 heteroatoms. The van der Waals surface area contributed by atoms with Gasteiger partial charge in [0.05, 0.1) is 0 Å². The molecule has 0 spiro atoms. The van der Waals surface area contributed by atoms with Gasteiger partial charge in [-0.3, -0.25) is 0 Å². The van der Waals surface area contributed by atoms with Crippen molar-refractivity contribution in [1.29, 1.82) is 0 Å². The summed E-state index contributed by atoms with van der Waals surface area (Å²) in [6.07, 6.45) is 12.7. The van der Waals surface area contributed by atoms with E-state index in [-0.39, 0.29) is 0 Å². The third kappa shape index (κ3) is 2.34. The minimum absolute atomic E-state index is 0.707. The number of rotatable bonds is 3. The van der Waals surface area contributed by atoms with Gasteiger partial charge in [-0.15, -0.1) is 0 Å². The smallest absolute Gasteiger partial charge is 0.141 e. The van der Waals surface area contributed by atoms with Crippen LogP contribution in [0.1, 0.15) is 37.7 Å². The Hall–Kier alpha value is -1.35. The van der Waals surface area contributed by atoms with E-state index in [1.807, 2.05) is 18.6 Å². The second-order valence-electron chi connectivity index (χ2n) is 4.91. The molecule has 0 amide bonds. The Labute approximate surface area is 102 Å². The van der Waals surface area contributed by atoms with E-state index in [4.69, 9.17) is 0 Å². The van der Waals surface area contributed by atoms with Gasteiger partial charge in [0.25, 0.3) is 0 Å². The summed E-state index contributed by atoms with van der Waals surface area (Å²) in [5.74, 6) is 0. The largest absolute Gasteiger partial charge is 0.310 e. The quantitative estimate of drug-likeness (QED) is 0.877. The number of hydrogen-bond acceptors (Lipinski definition) is 2. The van der Waals surface area contributed by atoms with E-state index in [0.29, 0.717) is 6.04 Å². The van der Waals surface area contributed by atoms with Gasteiger partial charge in [-0.25, -0.2) is 4.98 Å². The molecule has 1 aliphatic carbocycles. The fraction of sp³-hybridized carbons (Fsp3) is 0.500. The lowest BCUT2D eigenvalue weighted by Gasteiger charge is -2.22. The highest BCUT2D eigenvalue weighted by atomic mass is 15.0. The van der Waals surface area contributed by atoms with Gasteiger partial charge in [-0.2, -0.15) is 0 Å². The van der Waals surface area contributed by atoms with Crippen molar-refractivity contribution in [2.24, 2.45) is 0 Å². The maximum atomic E-state index is 4.41. The van der Waals surface area contributed by atoms with E-state index in [1.165, 1.54) is 37.7 Å². The first-order chi connectivity index (χ1) is 8.43. The second-order valence-corrected chi connectivity index (χ2v) is 4.91. The summed E-state index contributed by atoms with van der Waals surface area (Å²) in [5, 5.41) is 3.67. The molecule has 0 atom stereocenters. The van der Waals surface area contributed by atoms with Gasteiger partial charge in [-0.1, -0.05) is 25.3 Å². The molecule has 1 fully saturated rings. The highest BCUT2D eigenvalue weighted by Gasteiger charge is 2.13. The van der Waals surface area contributed by atoms with E-state index >= 15 is 0 Å². The van der Waals surface area contributed by atoms with Crippen molar-refractivity contribution >= 4 is 5.65 Å². The number of hydrogen-bond donors (Lipinski definition) is 1. The van der Waals surface area contributed by atoms with Crippen molar-refractivity contribution in [3.05, 3.63) is 36.3 Å². The van der Waals surface area contributed by atoms with Crippen molar-refractivity contribution in [1.82, 2.24) is 14.7 Å². The van der Waals surface area contributed by atoms with Crippen molar-refractivity contribution in [3.8, 4) is 0 Å². The van der Waals surface area contributed by atoms with Gasteiger partial charge in [0.2, 0.25) is 0 Å². The fourth-order valence-electron chi connectivity index (χ4n) is 2.71. The fourth-order valence-corrected chi connectivity index (χ4v) is 2.71. The predicted molar refractivity (Wildman–Crippen MR) is 68.9 cm³/mol. The first kappa shape index (κ1) is 10.8. The molecule has 2 aromatic rings. The van der Waals surface area contributed by atoms with Crippen LogP contribution in [0.15, 0.2) is 30.7 Å². The normalized spacial score (nSPS) is 17.6. The van der Waals surface area contributed by atoms with Gasteiger partial charge in [0, 0.05) is 36.7 Å². The molecule has 1 saturated carbocycles. The van der Waals surface area contributed by atoms with Crippen molar-refractivity contribution in [3.63, 3.8) is 0 Å². The van der Waals surface area contributed by atoms with Crippen LogP contribution in [-0.2, 0) is 6.54 Å². The molecule has 0 aromatic carbocycles. The van der Waals surface area contributed by atoms with Crippen LogP contribution in [-0.4, -0.2) is 15.4 Å². The molecule has 0 saturated heterocycles. The first-order valence-electron chi connectivity index (χ1n) is 6.57. The zero-order chi connectivity index (χ0) is 11.5. The SMILES string of the molecule is c1cc(CNC2CCCCC2)c2nccn2c1. The molecular formula is C14H19N3. The number of imidazole rings is 1. The molecule has 0 aliphatic heterocycles. The molecule has 1 N–H and O–H groups in total. The van der Waals surface area contributed by atoms with Gasteiger partial charge in [0.1, 0.15) is 5.65 Å². The predicted octanol–water partition coefficient (Wildman–Crippen LogP) is 2.76. The van der Waals surface area contributed by atoms with Crippen molar-refractivity contribution in [2.75, 3.05) is 0 Å². The molecular weight excluding hydrogens is 210 g/mol. The molecule has 17 heavy (non-hydrogen) atoms. The summed E-state index contributed by atoms with van der Waals surface area (Å²) in [6, 6.07) is 4.96. The molecule has 0 radical (unpaired) electrons. The maximum Gasteiger partial charge on any atom is 0.141 e. The highest BCUT2D eigenvalue weighted by Crippen LogP contribution is 2.18. The average Bonchev–Trinajstić information content (AvgIpc) is 2.86. The molecule has 3 nitrogen and oxygen atoms in total. The molecule has 2 heterocycles. The summed E-state index contributed by atoms with van der Waals surface area (Å²) in [6.45, 7) is 0.937. The van der Waals surface area contributed by atoms with Crippen LogP contribution in [0.2, 0.25) is 0 Å². The number of nitrogens with one attached hydrogen (secondary N) is 1. The minimum Gasteiger partial charge on any atom is -0.310 e. The van der Waals surface area contributed by atoms with Crippen LogP contribution in [0, 0.1) is 0 Å². The first-order valence-corrected chi connectivity index (χ1v) is 6.57. The topological polar surface area (TPSA) is 29.3 Å². The Balaban J connectivity index is 1.69. The molecule has 0 bridgehead atoms. The zero-order valence-corrected chi connectivity index (χ0v) is 10.1. The Morgan fingerprint density at radius 1 is 1.24 bits per heavy atom. The molecule has 90 valence electrons. The third-order valence-electron chi connectivity index (χ3n) is 3.69. The van der Waals surface area contributed by atoms with Crippen LogP contribution < -0.4 is 5.32 Å². The molecule has 3 rings (SSSR count). The Kier molecular flexibility index (Phi) is 3.10. The van der Waals surface area contributed by atoms with Crippen LogP contribution in [0.4, 0.5) is 0 Å². The van der Waals surface area contributed by atoms with E-state index in [9.17, 15) is 0 Å². The Morgan fingerprint density at radius 2 is 2.12 bits per heavy atom. The number of pyridine rings is 1. The van der Waals surface area contributed by atoms with Crippen molar-refractivity contribution < 1.29 is 0 Å². The summed E-state index contributed by atoms with van der Waals surface area (Å²) in [4.78, 5) is 4.41. The molecule has 2 aromatic heterocycles. The average molecular weight is 229 g/mol. The van der Waals surface area contributed by atoms with E-state index < -0.39 is 0 Å². The Bertz CT molecular complexity index is 483. The van der Waals surface area contributed by atoms with Crippen LogP contribution in [0.5, 0.6) is 0 Å². The minimum atomic E-state index is 0.707. The van der Waals surface area contributed by atoms with Gasteiger partial charge in [-0.05, 0) is 18.9 Å². The van der Waals surface area contributed by atoms with Crippen LogP contribution in [0.25, 0.3) is 5.65 Å². The number of fused-ring (bicyclic) bond motifs is 1. The Morgan fingerprint density at radius 3 is 3.00 bits per heavy atom. The lowest BCUT2D eigenvalue weighted by atomic mass is 9.95. The molecule has 1 aliphatic rings. The lowest BCUT2D eigenvalue weighted by Crippen LogP contribution is -2.30. The van der Waals surface area contributed by atoms with E-state index in [0.717, 1.165) is 12.2 Å². The summed E-state index contributed by atoms with van der Waals surface area (Å²) < 4.78 is 2.08. The number of aromatic nitrogens is 2. The monoisotopic (exact) mass is 229 g/mol. The zero-order valence-electron chi connectivity index (χ0n) is 10.1. The summed E-state index contributed by atoms with van der Waals surface area (Å²) in [5.41, 5.74) is 2.37. The molecule has 0 unspecified atom stereocenters. The maximum absolute atomic E-state index is 4.41. The van der Waals surface area contributed by atoms with E-state index in [1.54, 1.807) is 0 Å².